The number of hydrogen-bond acceptors (Lipinski definition) is 3. The maximum absolute atomic E-state index is 6.04. The van der Waals surface area contributed by atoms with Crippen LogP contribution in [0.15, 0.2) is 22.8 Å². The fraction of sp³-hybridized carbons (Fsp3) is 0.417. The molecule has 0 saturated carbocycles. The fourth-order valence-corrected chi connectivity index (χ4v) is 3.60. The zero-order chi connectivity index (χ0) is 13.1. The van der Waals surface area contributed by atoms with E-state index in [9.17, 15) is 0 Å². The lowest BCUT2D eigenvalue weighted by Crippen LogP contribution is -2.24. The Bertz CT molecular complexity index is 523. The van der Waals surface area contributed by atoms with Gasteiger partial charge in [-0.05, 0) is 41.5 Å². The first-order chi connectivity index (χ1) is 8.67. The number of nitrogens with zero attached hydrogens (tertiary/aromatic N) is 2. The van der Waals surface area contributed by atoms with E-state index in [4.69, 9.17) is 11.6 Å². The Balaban J connectivity index is 2.43. The summed E-state index contributed by atoms with van der Waals surface area (Å²) in [6, 6.07) is 4.14. The molecule has 0 bridgehead atoms. The highest BCUT2D eigenvalue weighted by molar-refractivity contribution is 9.10. The molecule has 6 heteroatoms. The second kappa shape index (κ2) is 6.19. The van der Waals surface area contributed by atoms with Crippen LogP contribution in [0.2, 0.25) is 4.34 Å². The number of hydrogen-bond donors (Lipinski definition) is 1. The summed E-state index contributed by atoms with van der Waals surface area (Å²) in [6.45, 7) is 5.93. The van der Waals surface area contributed by atoms with Crippen LogP contribution >= 0.6 is 38.9 Å². The van der Waals surface area contributed by atoms with Gasteiger partial charge in [0.1, 0.15) is 0 Å². The Kier molecular flexibility index (Phi) is 4.84. The lowest BCUT2D eigenvalue weighted by atomic mass is 10.1. The van der Waals surface area contributed by atoms with Crippen LogP contribution in [0.5, 0.6) is 0 Å². The summed E-state index contributed by atoms with van der Waals surface area (Å²) in [5.74, 6) is 0. The van der Waals surface area contributed by atoms with Crippen LogP contribution in [0.1, 0.15) is 30.5 Å². The second-order valence-electron chi connectivity index (χ2n) is 3.83. The van der Waals surface area contributed by atoms with E-state index in [0.29, 0.717) is 0 Å². The first-order valence-electron chi connectivity index (χ1n) is 5.87. The lowest BCUT2D eigenvalue weighted by molar-refractivity contribution is 0.545. The summed E-state index contributed by atoms with van der Waals surface area (Å²) in [5.41, 5.74) is 1.15. The second-order valence-corrected chi connectivity index (χ2v) is 6.43. The van der Waals surface area contributed by atoms with Gasteiger partial charge in [0, 0.05) is 11.4 Å². The van der Waals surface area contributed by atoms with Crippen LogP contribution in [0, 0.1) is 0 Å². The van der Waals surface area contributed by atoms with Gasteiger partial charge in [-0.15, -0.1) is 11.3 Å². The molecule has 0 spiro atoms. The third kappa shape index (κ3) is 2.79. The fourth-order valence-electron chi connectivity index (χ4n) is 1.93. The molecule has 2 aromatic heterocycles. The van der Waals surface area contributed by atoms with Crippen molar-refractivity contribution >= 4 is 38.9 Å². The Morgan fingerprint density at radius 2 is 2.28 bits per heavy atom. The molecule has 1 unspecified atom stereocenters. The zero-order valence-electron chi connectivity index (χ0n) is 10.3. The molecule has 0 aliphatic carbocycles. The van der Waals surface area contributed by atoms with Crippen LogP contribution in [0.25, 0.3) is 0 Å². The van der Waals surface area contributed by atoms with Crippen molar-refractivity contribution in [2.45, 2.75) is 26.4 Å². The summed E-state index contributed by atoms with van der Waals surface area (Å²) in [7, 11) is 0. The molecule has 0 amide bonds. The normalized spacial score (nSPS) is 12.9. The van der Waals surface area contributed by atoms with E-state index in [-0.39, 0.29) is 6.04 Å². The SMILES string of the molecule is CCNC(c1ccc(Cl)s1)c1c(Br)cnn1CC. The number of thiophene rings is 1. The van der Waals surface area contributed by atoms with E-state index in [1.165, 1.54) is 4.88 Å². The van der Waals surface area contributed by atoms with E-state index in [2.05, 4.69) is 46.3 Å². The van der Waals surface area contributed by atoms with Gasteiger partial charge in [0.15, 0.2) is 0 Å². The molecule has 2 heterocycles. The molecule has 3 nitrogen and oxygen atoms in total. The van der Waals surface area contributed by atoms with Crippen molar-refractivity contribution in [3.8, 4) is 0 Å². The van der Waals surface area contributed by atoms with Crippen molar-refractivity contribution in [2.75, 3.05) is 6.54 Å². The maximum atomic E-state index is 6.04. The van der Waals surface area contributed by atoms with E-state index in [0.717, 1.165) is 27.6 Å². The Labute approximate surface area is 124 Å². The highest BCUT2D eigenvalue weighted by Crippen LogP contribution is 2.34. The Morgan fingerprint density at radius 1 is 1.50 bits per heavy atom. The molecule has 0 aromatic carbocycles. The van der Waals surface area contributed by atoms with Crippen LogP contribution in [-0.2, 0) is 6.54 Å². The van der Waals surface area contributed by atoms with Gasteiger partial charge < -0.3 is 5.32 Å². The van der Waals surface area contributed by atoms with Crippen LogP contribution in [0.4, 0.5) is 0 Å². The van der Waals surface area contributed by atoms with Gasteiger partial charge in [-0.1, -0.05) is 18.5 Å². The molecular formula is C12H15BrClN3S. The average Bonchev–Trinajstić information content (AvgIpc) is 2.93. The van der Waals surface area contributed by atoms with E-state index >= 15 is 0 Å². The van der Waals surface area contributed by atoms with Crippen LogP contribution in [-0.4, -0.2) is 16.3 Å². The highest BCUT2D eigenvalue weighted by atomic mass is 79.9. The van der Waals surface area contributed by atoms with Crippen LogP contribution in [0.3, 0.4) is 0 Å². The largest absolute Gasteiger partial charge is 0.305 e. The summed E-state index contributed by atoms with van der Waals surface area (Å²) < 4.78 is 3.84. The van der Waals surface area contributed by atoms with Gasteiger partial charge in [0.2, 0.25) is 0 Å². The number of rotatable bonds is 5. The smallest absolute Gasteiger partial charge is 0.0931 e. The van der Waals surface area contributed by atoms with Gasteiger partial charge in [-0.3, -0.25) is 4.68 Å². The molecule has 0 saturated heterocycles. The molecule has 98 valence electrons. The third-order valence-corrected chi connectivity index (χ3v) is 4.60. The number of nitrogens with one attached hydrogen (secondary N) is 1. The summed E-state index contributed by atoms with van der Waals surface area (Å²) >= 11 is 11.2. The molecule has 2 aromatic rings. The molecule has 1 atom stereocenters. The Morgan fingerprint density at radius 3 is 2.83 bits per heavy atom. The van der Waals surface area contributed by atoms with E-state index in [1.54, 1.807) is 11.3 Å². The number of halogens is 2. The van der Waals surface area contributed by atoms with Gasteiger partial charge in [0.05, 0.1) is 26.7 Å². The summed E-state index contributed by atoms with van der Waals surface area (Å²) in [4.78, 5) is 1.21. The van der Waals surface area contributed by atoms with Crippen molar-refractivity contribution in [1.29, 1.82) is 0 Å². The monoisotopic (exact) mass is 347 g/mol. The molecule has 0 aliphatic heterocycles. The highest BCUT2D eigenvalue weighted by Gasteiger charge is 2.22. The standard InChI is InChI=1S/C12H15BrClN3S/c1-3-15-11(9-5-6-10(14)18-9)12-8(13)7-16-17(12)4-2/h5-7,11,15H,3-4H2,1-2H3. The van der Waals surface area contributed by atoms with Crippen LogP contribution < -0.4 is 5.32 Å². The van der Waals surface area contributed by atoms with Gasteiger partial charge in [-0.25, -0.2) is 0 Å². The van der Waals surface area contributed by atoms with Crippen molar-refractivity contribution in [3.63, 3.8) is 0 Å². The predicted molar refractivity (Wildman–Crippen MR) is 80.4 cm³/mol. The van der Waals surface area contributed by atoms with E-state index in [1.807, 2.05) is 16.9 Å². The topological polar surface area (TPSA) is 29.9 Å². The van der Waals surface area contributed by atoms with Crippen molar-refractivity contribution in [1.82, 2.24) is 15.1 Å². The number of aryl methyl sites for hydroxylation is 1. The first kappa shape index (κ1) is 14.1. The van der Waals surface area contributed by atoms with Gasteiger partial charge in [-0.2, -0.15) is 5.10 Å². The van der Waals surface area contributed by atoms with Crippen molar-refractivity contribution in [2.24, 2.45) is 0 Å². The molecule has 2 rings (SSSR count). The minimum Gasteiger partial charge on any atom is -0.305 e. The first-order valence-corrected chi connectivity index (χ1v) is 7.85. The van der Waals surface area contributed by atoms with Crippen molar-refractivity contribution < 1.29 is 0 Å². The molecule has 0 fully saturated rings. The maximum Gasteiger partial charge on any atom is 0.0931 e. The summed E-state index contributed by atoms with van der Waals surface area (Å²) in [6.07, 6.45) is 1.85. The lowest BCUT2D eigenvalue weighted by Gasteiger charge is -2.18. The molecular weight excluding hydrogens is 334 g/mol. The Hall–Kier alpha value is -0.360. The molecule has 0 radical (unpaired) electrons. The predicted octanol–water partition coefficient (Wildman–Crippen LogP) is 4.08. The molecule has 1 N–H and O–H groups in total. The molecule has 0 aliphatic rings. The number of aromatic nitrogens is 2. The summed E-state index contributed by atoms with van der Waals surface area (Å²) in [5, 5.41) is 7.86. The minimum atomic E-state index is 0.129. The average molecular weight is 349 g/mol. The molecule has 18 heavy (non-hydrogen) atoms. The quantitative estimate of drug-likeness (QED) is 0.882. The zero-order valence-corrected chi connectivity index (χ0v) is 13.4. The third-order valence-electron chi connectivity index (χ3n) is 2.69. The minimum absolute atomic E-state index is 0.129. The van der Waals surface area contributed by atoms with Gasteiger partial charge in [0.25, 0.3) is 0 Å². The van der Waals surface area contributed by atoms with Gasteiger partial charge >= 0.3 is 0 Å². The van der Waals surface area contributed by atoms with E-state index < -0.39 is 0 Å². The van der Waals surface area contributed by atoms with Crippen molar-refractivity contribution in [3.05, 3.63) is 37.7 Å².